The lowest BCUT2D eigenvalue weighted by Gasteiger charge is -2.14. The molecule has 0 saturated heterocycles. The van der Waals surface area contributed by atoms with Crippen LogP contribution in [0.15, 0.2) is 69.3 Å². The number of rotatable bonds is 6. The molecule has 0 aliphatic rings. The summed E-state index contributed by atoms with van der Waals surface area (Å²) in [5.41, 5.74) is 2.68. The van der Waals surface area contributed by atoms with Crippen LogP contribution in [0.4, 0.5) is 0 Å². The lowest BCUT2D eigenvalue weighted by molar-refractivity contribution is 0.429. The molecule has 0 atom stereocenters. The van der Waals surface area contributed by atoms with Gasteiger partial charge in [-0.1, -0.05) is 43.3 Å². The molecule has 2 aromatic heterocycles. The van der Waals surface area contributed by atoms with E-state index in [4.69, 9.17) is 0 Å². The molecule has 0 amide bonds. The summed E-state index contributed by atoms with van der Waals surface area (Å²) in [6, 6.07) is 15.2. The van der Waals surface area contributed by atoms with Crippen LogP contribution in [0.5, 0.6) is 5.88 Å². The average Bonchev–Trinajstić information content (AvgIpc) is 3.17. The Bertz CT molecular complexity index is 1390. The normalized spacial score (nSPS) is 11.9. The van der Waals surface area contributed by atoms with Crippen LogP contribution >= 0.6 is 0 Å². The second-order valence-corrected chi connectivity index (χ2v) is 7.37. The van der Waals surface area contributed by atoms with Gasteiger partial charge < -0.3 is 10.1 Å². The number of hydrogen-bond acceptors (Lipinski definition) is 4. The van der Waals surface area contributed by atoms with Crippen LogP contribution in [0.25, 0.3) is 16.6 Å². The Morgan fingerprint density at radius 1 is 1.10 bits per heavy atom. The Balaban J connectivity index is 1.71. The molecule has 0 unspecified atom stereocenters. The number of nitrogens with zero attached hydrogens (tertiary/aromatic N) is 2. The molecule has 7 nitrogen and oxygen atoms in total. The number of benzene rings is 2. The van der Waals surface area contributed by atoms with E-state index in [1.807, 2.05) is 50.4 Å². The molecule has 0 aliphatic carbocycles. The number of H-pyrrole nitrogens is 2. The number of aromatic amines is 2. The smallest absolute Gasteiger partial charge is 0.335 e. The maximum atomic E-state index is 12.6. The molecule has 0 radical (unpaired) electrons. The highest BCUT2D eigenvalue weighted by atomic mass is 16.3. The van der Waals surface area contributed by atoms with Crippen LogP contribution in [-0.4, -0.2) is 31.9 Å². The maximum absolute atomic E-state index is 12.6. The molecule has 4 rings (SSSR count). The van der Waals surface area contributed by atoms with Crippen molar-refractivity contribution in [1.29, 1.82) is 0 Å². The van der Waals surface area contributed by atoms with Gasteiger partial charge in [-0.05, 0) is 43.0 Å². The van der Waals surface area contributed by atoms with Crippen LogP contribution in [0.1, 0.15) is 30.0 Å². The van der Waals surface area contributed by atoms with Crippen molar-refractivity contribution in [3.05, 3.63) is 92.3 Å². The van der Waals surface area contributed by atoms with Crippen molar-refractivity contribution in [2.45, 2.75) is 26.7 Å². The maximum Gasteiger partial charge on any atom is 0.335 e. The van der Waals surface area contributed by atoms with Gasteiger partial charge in [0.15, 0.2) is 0 Å². The molecular formula is C24H24N4O3. The minimum atomic E-state index is -0.685. The first kappa shape index (κ1) is 20.4. The van der Waals surface area contributed by atoms with Crippen LogP contribution in [0, 0.1) is 6.92 Å². The monoisotopic (exact) mass is 416 g/mol. The van der Waals surface area contributed by atoms with Gasteiger partial charge in [0.05, 0.1) is 11.4 Å². The molecule has 0 spiro atoms. The fourth-order valence-electron chi connectivity index (χ4n) is 3.84. The van der Waals surface area contributed by atoms with Gasteiger partial charge in [-0.25, -0.2) is 9.36 Å². The molecule has 3 N–H and O–H groups in total. The average molecular weight is 416 g/mol. The largest absolute Gasteiger partial charge is 0.493 e. The number of para-hydroxylation sites is 2. The van der Waals surface area contributed by atoms with Gasteiger partial charge >= 0.3 is 5.69 Å². The SMILES string of the molecule is CCC(=NCCc1c[nH]c2ccccc12)c1c(O)n(-c2ccccc2C)c(=O)[nH]c1=O. The molecule has 7 heteroatoms. The number of fused-ring (bicyclic) bond motifs is 1. The highest BCUT2D eigenvalue weighted by Gasteiger charge is 2.20. The minimum absolute atomic E-state index is 0.0317. The molecule has 4 aromatic rings. The molecule has 158 valence electrons. The topological polar surface area (TPSA) is 103 Å². The van der Waals surface area contributed by atoms with E-state index in [-0.39, 0.29) is 5.56 Å². The second kappa shape index (κ2) is 8.47. The van der Waals surface area contributed by atoms with Gasteiger partial charge in [-0.2, -0.15) is 0 Å². The standard InChI is InChI=1S/C24H24N4O3/c1-3-18(25-13-12-16-14-26-19-10-6-5-9-17(16)19)21-22(29)27-24(31)28(23(21)30)20-11-7-4-8-15(20)2/h4-11,14,26,30H,3,12-13H2,1-2H3,(H,27,29,31). The summed E-state index contributed by atoms with van der Waals surface area (Å²) in [6.07, 6.45) is 3.09. The summed E-state index contributed by atoms with van der Waals surface area (Å²) in [5, 5.41) is 12.1. The Hall–Kier alpha value is -3.87. The van der Waals surface area contributed by atoms with Gasteiger partial charge in [-0.3, -0.25) is 14.8 Å². The summed E-state index contributed by atoms with van der Waals surface area (Å²) >= 11 is 0. The number of aliphatic imine (C=N–C) groups is 1. The first-order valence-corrected chi connectivity index (χ1v) is 10.2. The third-order valence-corrected chi connectivity index (χ3v) is 5.42. The zero-order valence-electron chi connectivity index (χ0n) is 17.5. The molecule has 0 saturated carbocycles. The Morgan fingerprint density at radius 3 is 2.61 bits per heavy atom. The van der Waals surface area contributed by atoms with Gasteiger partial charge in [0.1, 0.15) is 5.56 Å². The Kier molecular flexibility index (Phi) is 5.58. The van der Waals surface area contributed by atoms with Gasteiger partial charge in [0, 0.05) is 23.6 Å². The molecule has 2 heterocycles. The van der Waals surface area contributed by atoms with Crippen molar-refractivity contribution >= 4 is 16.6 Å². The molecular weight excluding hydrogens is 392 g/mol. The lowest BCUT2D eigenvalue weighted by atomic mass is 10.1. The summed E-state index contributed by atoms with van der Waals surface area (Å²) < 4.78 is 1.12. The molecule has 0 aliphatic heterocycles. The van der Waals surface area contributed by atoms with E-state index in [9.17, 15) is 14.7 Å². The molecule has 0 bridgehead atoms. The van der Waals surface area contributed by atoms with Gasteiger partial charge in [-0.15, -0.1) is 0 Å². The van der Waals surface area contributed by atoms with Crippen LogP contribution < -0.4 is 11.2 Å². The van der Waals surface area contributed by atoms with E-state index < -0.39 is 17.1 Å². The summed E-state index contributed by atoms with van der Waals surface area (Å²) in [7, 11) is 0. The predicted octanol–water partition coefficient (Wildman–Crippen LogP) is 3.46. The molecule has 0 fully saturated rings. The van der Waals surface area contributed by atoms with Crippen molar-refractivity contribution in [3.63, 3.8) is 0 Å². The highest BCUT2D eigenvalue weighted by Crippen LogP contribution is 2.21. The number of aryl methyl sites for hydroxylation is 1. The van der Waals surface area contributed by atoms with Crippen molar-refractivity contribution < 1.29 is 5.11 Å². The zero-order chi connectivity index (χ0) is 22.0. The fraction of sp³-hybridized carbons (Fsp3) is 0.208. The number of hydrogen-bond donors (Lipinski definition) is 3. The van der Waals surface area contributed by atoms with E-state index in [1.165, 1.54) is 0 Å². The summed E-state index contributed by atoms with van der Waals surface area (Å²) in [4.78, 5) is 35.2. The van der Waals surface area contributed by atoms with Crippen LogP contribution in [-0.2, 0) is 6.42 Å². The Morgan fingerprint density at radius 2 is 1.84 bits per heavy atom. The number of aromatic nitrogens is 3. The second-order valence-electron chi connectivity index (χ2n) is 7.37. The van der Waals surface area contributed by atoms with Crippen molar-refractivity contribution in [2.75, 3.05) is 6.54 Å². The van der Waals surface area contributed by atoms with E-state index in [0.717, 1.165) is 26.6 Å². The van der Waals surface area contributed by atoms with E-state index >= 15 is 0 Å². The van der Waals surface area contributed by atoms with Crippen LogP contribution in [0.2, 0.25) is 0 Å². The molecule has 2 aromatic carbocycles. The van der Waals surface area contributed by atoms with Gasteiger partial charge in [0.2, 0.25) is 5.88 Å². The third-order valence-electron chi connectivity index (χ3n) is 5.42. The van der Waals surface area contributed by atoms with Crippen LogP contribution in [0.3, 0.4) is 0 Å². The number of nitrogens with one attached hydrogen (secondary N) is 2. The first-order valence-electron chi connectivity index (χ1n) is 10.2. The van der Waals surface area contributed by atoms with E-state index in [0.29, 0.717) is 30.8 Å². The lowest BCUT2D eigenvalue weighted by Crippen LogP contribution is -2.33. The highest BCUT2D eigenvalue weighted by molar-refractivity contribution is 6.02. The predicted molar refractivity (Wildman–Crippen MR) is 123 cm³/mol. The van der Waals surface area contributed by atoms with E-state index in [2.05, 4.69) is 21.0 Å². The van der Waals surface area contributed by atoms with Gasteiger partial charge in [0.25, 0.3) is 5.56 Å². The fourth-order valence-corrected chi connectivity index (χ4v) is 3.84. The quantitative estimate of drug-likeness (QED) is 0.419. The van der Waals surface area contributed by atoms with Crippen molar-refractivity contribution in [1.82, 2.24) is 14.5 Å². The zero-order valence-corrected chi connectivity index (χ0v) is 17.5. The first-order chi connectivity index (χ1) is 15.0. The van der Waals surface area contributed by atoms with Crippen molar-refractivity contribution in [3.8, 4) is 11.6 Å². The van der Waals surface area contributed by atoms with Crippen molar-refractivity contribution in [2.24, 2.45) is 4.99 Å². The third kappa shape index (κ3) is 3.82. The Labute approximate surface area is 178 Å². The number of aromatic hydroxyl groups is 1. The molecule has 31 heavy (non-hydrogen) atoms. The van der Waals surface area contributed by atoms with E-state index in [1.54, 1.807) is 12.1 Å². The summed E-state index contributed by atoms with van der Waals surface area (Å²) in [6.45, 7) is 4.15. The minimum Gasteiger partial charge on any atom is -0.493 e. The summed E-state index contributed by atoms with van der Waals surface area (Å²) in [5.74, 6) is -0.393.